The molecule has 0 radical (unpaired) electrons. The molecule has 0 saturated carbocycles. The number of aryl methyl sites for hydroxylation is 1. The molecule has 1 heterocycles. The van der Waals surface area contributed by atoms with Gasteiger partial charge in [0.2, 0.25) is 17.7 Å². The first-order chi connectivity index (χ1) is 15.9. The van der Waals surface area contributed by atoms with Crippen molar-refractivity contribution in [3.63, 3.8) is 0 Å². The molecule has 9 nitrogen and oxygen atoms in total. The fourth-order valence-electron chi connectivity index (χ4n) is 4.44. The van der Waals surface area contributed by atoms with E-state index < -0.39 is 12.1 Å². The van der Waals surface area contributed by atoms with Crippen molar-refractivity contribution >= 4 is 24.2 Å². The molecule has 4 atom stereocenters. The number of nitrogens with one attached hydrogen (secondary N) is 3. The second-order valence-electron chi connectivity index (χ2n) is 8.43. The van der Waals surface area contributed by atoms with Crippen LogP contribution in [0.15, 0.2) is 24.3 Å². The van der Waals surface area contributed by atoms with E-state index in [2.05, 4.69) is 28.1 Å². The smallest absolute Gasteiger partial charge is 0.290 e. The van der Waals surface area contributed by atoms with Gasteiger partial charge in [0.15, 0.2) is 0 Å². The molecule has 1 unspecified atom stereocenters. The summed E-state index contributed by atoms with van der Waals surface area (Å²) in [5.41, 5.74) is 2.48. The van der Waals surface area contributed by atoms with Crippen LogP contribution in [0, 0.1) is 0 Å². The Bertz CT molecular complexity index is 831. The first-order valence-corrected chi connectivity index (χ1v) is 11.6. The maximum absolute atomic E-state index is 13.1. The minimum absolute atomic E-state index is 0.00171. The number of nitrogens with zero attached hydrogens (tertiary/aromatic N) is 1. The number of hydrogen-bond acceptors (Lipinski definition) is 5. The van der Waals surface area contributed by atoms with Crippen molar-refractivity contribution < 1.29 is 24.3 Å². The zero-order valence-corrected chi connectivity index (χ0v) is 19.7. The number of carbonyl (C=O) groups is 4. The van der Waals surface area contributed by atoms with E-state index in [1.54, 1.807) is 18.9 Å². The number of benzene rings is 1. The summed E-state index contributed by atoms with van der Waals surface area (Å²) in [6, 6.07) is 6.79. The van der Waals surface area contributed by atoms with Crippen LogP contribution < -0.4 is 16.0 Å². The highest BCUT2D eigenvalue weighted by Crippen LogP contribution is 2.30. The number of hydrogen-bond donors (Lipinski definition) is 4. The van der Waals surface area contributed by atoms with Crippen molar-refractivity contribution in [2.45, 2.75) is 76.5 Å². The normalized spacial score (nSPS) is 21.0. The van der Waals surface area contributed by atoms with Crippen molar-refractivity contribution in [2.24, 2.45) is 0 Å². The summed E-state index contributed by atoms with van der Waals surface area (Å²) in [4.78, 5) is 48.5. The Morgan fingerprint density at radius 2 is 1.91 bits per heavy atom. The third-order valence-corrected chi connectivity index (χ3v) is 6.37. The first-order valence-electron chi connectivity index (χ1n) is 11.6. The molecule has 33 heavy (non-hydrogen) atoms. The van der Waals surface area contributed by atoms with Gasteiger partial charge in [0.25, 0.3) is 6.47 Å². The summed E-state index contributed by atoms with van der Waals surface area (Å²) < 4.78 is 0. The summed E-state index contributed by atoms with van der Waals surface area (Å²) in [6.45, 7) is 3.92. The van der Waals surface area contributed by atoms with E-state index in [0.717, 1.165) is 25.7 Å². The average Bonchev–Trinajstić information content (AvgIpc) is 3.32. The Kier molecular flexibility index (Phi) is 10.3. The number of amides is 3. The van der Waals surface area contributed by atoms with Crippen molar-refractivity contribution in [1.82, 2.24) is 20.9 Å². The zero-order chi connectivity index (χ0) is 24.4. The SMILES string of the molecule is CC[C@H](NC(=O)[C@H](C)NC)C(=O)N1CCC[C@H]1C(=O)NC1CCCc2ccccc21.O=CO. The van der Waals surface area contributed by atoms with Crippen LogP contribution in [0.1, 0.15) is 63.1 Å². The Balaban J connectivity index is 0.00000122. The maximum Gasteiger partial charge on any atom is 0.290 e. The van der Waals surface area contributed by atoms with Crippen LogP contribution in [0.2, 0.25) is 0 Å². The van der Waals surface area contributed by atoms with E-state index in [1.165, 1.54) is 11.1 Å². The topological polar surface area (TPSA) is 128 Å². The monoisotopic (exact) mass is 460 g/mol. The minimum atomic E-state index is -0.614. The molecule has 0 spiro atoms. The summed E-state index contributed by atoms with van der Waals surface area (Å²) in [5.74, 6) is -0.472. The first kappa shape index (κ1) is 26.3. The number of carbonyl (C=O) groups excluding carboxylic acids is 3. The summed E-state index contributed by atoms with van der Waals surface area (Å²) in [5, 5.41) is 15.8. The quantitative estimate of drug-likeness (QED) is 0.455. The van der Waals surface area contributed by atoms with E-state index in [9.17, 15) is 14.4 Å². The third kappa shape index (κ3) is 6.77. The van der Waals surface area contributed by atoms with E-state index in [0.29, 0.717) is 19.4 Å². The van der Waals surface area contributed by atoms with Crippen LogP contribution in [0.4, 0.5) is 0 Å². The van der Waals surface area contributed by atoms with Gasteiger partial charge >= 0.3 is 0 Å². The predicted molar refractivity (Wildman–Crippen MR) is 124 cm³/mol. The fourth-order valence-corrected chi connectivity index (χ4v) is 4.44. The molecular formula is C24H36N4O5. The standard InChI is InChI=1S/C23H34N4O3.CH2O2/c1-4-18(25-21(28)15(2)24-3)23(30)27-14-8-13-20(27)22(29)26-19-12-7-10-16-9-5-6-11-17(16)19;2-1-3/h5-6,9,11,15,18-20,24H,4,7-8,10,12-14H2,1-3H3,(H,25,28)(H,26,29);1H,(H,2,3)/t15-,18-,19?,20-;/m0./s1. The molecule has 1 aromatic rings. The van der Waals surface area contributed by atoms with Gasteiger partial charge in [-0.05, 0) is 63.6 Å². The third-order valence-electron chi connectivity index (χ3n) is 6.37. The molecule has 1 aliphatic carbocycles. The van der Waals surface area contributed by atoms with Gasteiger partial charge in [0, 0.05) is 6.54 Å². The summed E-state index contributed by atoms with van der Waals surface area (Å²) in [7, 11) is 1.71. The van der Waals surface area contributed by atoms with E-state index >= 15 is 0 Å². The van der Waals surface area contributed by atoms with Crippen molar-refractivity contribution in [3.05, 3.63) is 35.4 Å². The fraction of sp³-hybridized carbons (Fsp3) is 0.583. The van der Waals surface area contributed by atoms with Crippen molar-refractivity contribution in [1.29, 1.82) is 0 Å². The lowest BCUT2D eigenvalue weighted by atomic mass is 9.87. The van der Waals surface area contributed by atoms with Crippen LogP contribution >= 0.6 is 0 Å². The molecule has 0 bridgehead atoms. The predicted octanol–water partition coefficient (Wildman–Crippen LogP) is 1.37. The van der Waals surface area contributed by atoms with Crippen LogP contribution in [-0.2, 0) is 25.6 Å². The number of fused-ring (bicyclic) bond motifs is 1. The Morgan fingerprint density at radius 1 is 1.21 bits per heavy atom. The van der Waals surface area contributed by atoms with E-state index in [1.807, 2.05) is 19.1 Å². The molecule has 4 N–H and O–H groups in total. The van der Waals surface area contributed by atoms with Gasteiger partial charge in [-0.2, -0.15) is 0 Å². The van der Waals surface area contributed by atoms with Crippen LogP contribution in [0.5, 0.6) is 0 Å². The molecule has 182 valence electrons. The number of rotatable bonds is 7. The van der Waals surface area contributed by atoms with Gasteiger partial charge < -0.3 is 26.0 Å². The van der Waals surface area contributed by atoms with E-state index in [-0.39, 0.29) is 36.3 Å². The number of carboxylic acid groups (broad SMARTS) is 1. The minimum Gasteiger partial charge on any atom is -0.483 e. The van der Waals surface area contributed by atoms with Crippen LogP contribution in [0.25, 0.3) is 0 Å². The highest BCUT2D eigenvalue weighted by atomic mass is 16.3. The lowest BCUT2D eigenvalue weighted by Crippen LogP contribution is -2.55. The van der Waals surface area contributed by atoms with E-state index in [4.69, 9.17) is 9.90 Å². The van der Waals surface area contributed by atoms with Gasteiger partial charge in [-0.15, -0.1) is 0 Å². The maximum atomic E-state index is 13.1. The number of likely N-dealkylation sites (N-methyl/N-ethyl adjacent to an activating group) is 1. The molecule has 0 aromatic heterocycles. The highest BCUT2D eigenvalue weighted by Gasteiger charge is 2.38. The molecule has 2 aliphatic rings. The summed E-state index contributed by atoms with van der Waals surface area (Å²) >= 11 is 0. The van der Waals surface area contributed by atoms with Gasteiger partial charge in [-0.1, -0.05) is 31.2 Å². The molecule has 1 aromatic carbocycles. The van der Waals surface area contributed by atoms with Crippen LogP contribution in [0.3, 0.4) is 0 Å². The van der Waals surface area contributed by atoms with Crippen molar-refractivity contribution in [3.8, 4) is 0 Å². The van der Waals surface area contributed by atoms with Crippen LogP contribution in [-0.4, -0.2) is 65.9 Å². The van der Waals surface area contributed by atoms with Crippen molar-refractivity contribution in [2.75, 3.05) is 13.6 Å². The molecular weight excluding hydrogens is 424 g/mol. The Labute approximate surface area is 195 Å². The lowest BCUT2D eigenvalue weighted by Gasteiger charge is -2.31. The van der Waals surface area contributed by atoms with Gasteiger partial charge in [-0.3, -0.25) is 19.2 Å². The molecule has 1 fully saturated rings. The largest absolute Gasteiger partial charge is 0.483 e. The molecule has 3 amide bonds. The molecule has 9 heteroatoms. The highest BCUT2D eigenvalue weighted by molar-refractivity contribution is 5.93. The van der Waals surface area contributed by atoms with Gasteiger partial charge in [0.05, 0.1) is 12.1 Å². The van der Waals surface area contributed by atoms with Gasteiger partial charge in [-0.25, -0.2) is 0 Å². The van der Waals surface area contributed by atoms with Gasteiger partial charge in [0.1, 0.15) is 12.1 Å². The Morgan fingerprint density at radius 3 is 2.58 bits per heavy atom. The average molecular weight is 461 g/mol. The lowest BCUT2D eigenvalue weighted by molar-refractivity contribution is -0.141. The summed E-state index contributed by atoms with van der Waals surface area (Å²) in [6.07, 6.45) is 4.94. The second-order valence-corrected chi connectivity index (χ2v) is 8.43. The second kappa shape index (κ2) is 12.9. The molecule has 3 rings (SSSR count). The molecule has 1 saturated heterocycles. The molecule has 1 aliphatic heterocycles. The Hall–Kier alpha value is -2.94. The number of likely N-dealkylation sites (tertiary alicyclic amines) is 1. The zero-order valence-electron chi connectivity index (χ0n) is 19.7.